The zero-order chi connectivity index (χ0) is 12.1. The fourth-order valence-corrected chi connectivity index (χ4v) is 3.30. The molecule has 1 atom stereocenters. The molecule has 0 saturated carbocycles. The number of hydrogen-bond donors (Lipinski definition) is 0. The van der Waals surface area contributed by atoms with Crippen molar-refractivity contribution in [1.29, 1.82) is 0 Å². The highest BCUT2D eigenvalue weighted by Gasteiger charge is 2.20. The largest absolute Gasteiger partial charge is 0.356 e. The average Bonchev–Trinajstić information content (AvgIpc) is 2.40. The Morgan fingerprint density at radius 1 is 1.53 bits per heavy atom. The van der Waals surface area contributed by atoms with Gasteiger partial charge in [-0.2, -0.15) is 0 Å². The summed E-state index contributed by atoms with van der Waals surface area (Å²) >= 11 is 5.21. The van der Waals surface area contributed by atoms with Crippen LogP contribution in [-0.4, -0.2) is 34.6 Å². The standard InChI is InChI=1S/C12H18BrN3S/c1-17-12-7-11(14-9-15-12)16-6-2-3-10(8-16)4-5-13/h7,9-10H,2-6,8H2,1H3. The summed E-state index contributed by atoms with van der Waals surface area (Å²) in [5, 5.41) is 2.16. The molecule has 0 spiro atoms. The van der Waals surface area contributed by atoms with E-state index in [0.29, 0.717) is 0 Å². The van der Waals surface area contributed by atoms with Crippen molar-refractivity contribution in [3.05, 3.63) is 12.4 Å². The third kappa shape index (κ3) is 3.58. The van der Waals surface area contributed by atoms with Crippen LogP contribution in [0.2, 0.25) is 0 Å². The van der Waals surface area contributed by atoms with Crippen LogP contribution in [0.1, 0.15) is 19.3 Å². The van der Waals surface area contributed by atoms with Crippen LogP contribution < -0.4 is 4.90 Å². The molecule has 1 saturated heterocycles. The molecule has 1 aromatic rings. The molecular formula is C12H18BrN3S. The average molecular weight is 316 g/mol. The van der Waals surface area contributed by atoms with E-state index in [0.717, 1.165) is 35.2 Å². The second-order valence-electron chi connectivity index (χ2n) is 4.35. The summed E-state index contributed by atoms with van der Waals surface area (Å²) in [6, 6.07) is 2.10. The van der Waals surface area contributed by atoms with E-state index in [-0.39, 0.29) is 0 Å². The number of aromatic nitrogens is 2. The second-order valence-corrected chi connectivity index (χ2v) is 5.97. The van der Waals surface area contributed by atoms with Gasteiger partial charge >= 0.3 is 0 Å². The predicted molar refractivity (Wildman–Crippen MR) is 77.2 cm³/mol. The monoisotopic (exact) mass is 315 g/mol. The molecule has 1 aliphatic rings. The first-order valence-corrected chi connectivity index (χ1v) is 8.35. The van der Waals surface area contributed by atoms with Crippen molar-refractivity contribution >= 4 is 33.5 Å². The van der Waals surface area contributed by atoms with Crippen LogP contribution in [0.15, 0.2) is 17.4 Å². The van der Waals surface area contributed by atoms with Crippen LogP contribution in [0.3, 0.4) is 0 Å². The zero-order valence-corrected chi connectivity index (χ0v) is 12.5. The van der Waals surface area contributed by atoms with Crippen LogP contribution in [0.25, 0.3) is 0 Å². The van der Waals surface area contributed by atoms with Gasteiger partial charge in [0.25, 0.3) is 0 Å². The Morgan fingerprint density at radius 3 is 3.18 bits per heavy atom. The number of nitrogens with zero attached hydrogens (tertiary/aromatic N) is 3. The van der Waals surface area contributed by atoms with Gasteiger partial charge in [-0.3, -0.25) is 0 Å². The van der Waals surface area contributed by atoms with Gasteiger partial charge in [0.05, 0.1) is 0 Å². The van der Waals surface area contributed by atoms with Crippen molar-refractivity contribution in [1.82, 2.24) is 9.97 Å². The summed E-state index contributed by atoms with van der Waals surface area (Å²) in [4.78, 5) is 11.0. The summed E-state index contributed by atoms with van der Waals surface area (Å²) in [5.74, 6) is 1.89. The number of hydrogen-bond acceptors (Lipinski definition) is 4. The van der Waals surface area contributed by atoms with Crippen LogP contribution in [0, 0.1) is 5.92 Å². The third-order valence-corrected chi connectivity index (χ3v) is 4.30. The molecule has 2 rings (SSSR count). The van der Waals surface area contributed by atoms with E-state index in [1.54, 1.807) is 18.1 Å². The van der Waals surface area contributed by atoms with Gasteiger partial charge in [0, 0.05) is 24.5 Å². The van der Waals surface area contributed by atoms with Crippen molar-refractivity contribution in [3.63, 3.8) is 0 Å². The van der Waals surface area contributed by atoms with Crippen molar-refractivity contribution < 1.29 is 0 Å². The van der Waals surface area contributed by atoms with Gasteiger partial charge in [0.15, 0.2) is 0 Å². The van der Waals surface area contributed by atoms with Gasteiger partial charge in [-0.25, -0.2) is 9.97 Å². The molecule has 17 heavy (non-hydrogen) atoms. The number of anilines is 1. The normalized spacial score (nSPS) is 20.6. The lowest BCUT2D eigenvalue weighted by Gasteiger charge is -2.33. The molecule has 1 aliphatic heterocycles. The van der Waals surface area contributed by atoms with Crippen LogP contribution >= 0.6 is 27.7 Å². The number of alkyl halides is 1. The Balaban J connectivity index is 2.05. The number of piperidine rings is 1. The van der Waals surface area contributed by atoms with E-state index in [9.17, 15) is 0 Å². The zero-order valence-electron chi connectivity index (χ0n) is 10.1. The highest BCUT2D eigenvalue weighted by atomic mass is 79.9. The van der Waals surface area contributed by atoms with Crippen molar-refractivity contribution in [3.8, 4) is 0 Å². The van der Waals surface area contributed by atoms with Gasteiger partial charge in [0.2, 0.25) is 0 Å². The van der Waals surface area contributed by atoms with E-state index < -0.39 is 0 Å². The molecule has 1 unspecified atom stereocenters. The minimum atomic E-state index is 0.802. The molecular weight excluding hydrogens is 298 g/mol. The maximum absolute atomic E-state index is 4.40. The highest BCUT2D eigenvalue weighted by molar-refractivity contribution is 9.09. The molecule has 0 aliphatic carbocycles. The fraction of sp³-hybridized carbons (Fsp3) is 0.667. The third-order valence-electron chi connectivity index (χ3n) is 3.20. The van der Waals surface area contributed by atoms with E-state index in [1.165, 1.54) is 19.3 Å². The quantitative estimate of drug-likeness (QED) is 0.485. The molecule has 0 radical (unpaired) electrons. The van der Waals surface area contributed by atoms with Gasteiger partial charge in [-0.05, 0) is 31.4 Å². The SMILES string of the molecule is CSc1cc(N2CCCC(CCBr)C2)ncn1. The number of rotatable bonds is 4. The van der Waals surface area contributed by atoms with Gasteiger partial charge < -0.3 is 4.90 Å². The second kappa shape index (κ2) is 6.59. The summed E-state index contributed by atoms with van der Waals surface area (Å²) in [7, 11) is 0. The molecule has 5 heteroatoms. The van der Waals surface area contributed by atoms with Crippen molar-refractivity contribution in [2.75, 3.05) is 29.6 Å². The fourth-order valence-electron chi connectivity index (χ4n) is 2.28. The van der Waals surface area contributed by atoms with Crippen LogP contribution in [0.4, 0.5) is 5.82 Å². The summed E-state index contributed by atoms with van der Waals surface area (Å²) in [6.07, 6.45) is 7.61. The first-order valence-electron chi connectivity index (χ1n) is 6.00. The lowest BCUT2D eigenvalue weighted by Crippen LogP contribution is -2.36. The number of thioether (sulfide) groups is 1. The van der Waals surface area contributed by atoms with Crippen molar-refractivity contribution in [2.24, 2.45) is 5.92 Å². The molecule has 1 aromatic heterocycles. The summed E-state index contributed by atoms with van der Waals surface area (Å²) < 4.78 is 0. The lowest BCUT2D eigenvalue weighted by molar-refractivity contribution is 0.406. The van der Waals surface area contributed by atoms with E-state index in [4.69, 9.17) is 0 Å². The van der Waals surface area contributed by atoms with E-state index in [1.807, 2.05) is 0 Å². The Bertz CT molecular complexity index is 359. The molecule has 0 aromatic carbocycles. The molecule has 0 N–H and O–H groups in total. The molecule has 0 amide bonds. The van der Waals surface area contributed by atoms with Gasteiger partial charge in [0.1, 0.15) is 17.2 Å². The topological polar surface area (TPSA) is 29.0 Å². The summed E-state index contributed by atoms with van der Waals surface area (Å²) in [5.41, 5.74) is 0. The molecule has 2 heterocycles. The van der Waals surface area contributed by atoms with E-state index in [2.05, 4.69) is 43.1 Å². The predicted octanol–water partition coefficient (Wildman–Crippen LogP) is 3.20. The summed E-state index contributed by atoms with van der Waals surface area (Å²) in [6.45, 7) is 2.26. The molecule has 3 nitrogen and oxygen atoms in total. The van der Waals surface area contributed by atoms with Crippen LogP contribution in [0.5, 0.6) is 0 Å². The molecule has 1 fully saturated rings. The number of halogens is 1. The van der Waals surface area contributed by atoms with E-state index >= 15 is 0 Å². The Labute approximate surface area is 116 Å². The van der Waals surface area contributed by atoms with Crippen LogP contribution in [-0.2, 0) is 0 Å². The first kappa shape index (κ1) is 13.1. The Kier molecular flexibility index (Phi) is 5.10. The van der Waals surface area contributed by atoms with Crippen molar-refractivity contribution in [2.45, 2.75) is 24.3 Å². The Morgan fingerprint density at radius 2 is 2.41 bits per heavy atom. The minimum absolute atomic E-state index is 0.802. The first-order chi connectivity index (χ1) is 8.33. The Hall–Kier alpha value is -0.290. The molecule has 94 valence electrons. The van der Waals surface area contributed by atoms with Gasteiger partial charge in [-0.1, -0.05) is 15.9 Å². The maximum atomic E-state index is 4.40. The van der Waals surface area contributed by atoms with Gasteiger partial charge in [-0.15, -0.1) is 11.8 Å². The maximum Gasteiger partial charge on any atom is 0.133 e. The lowest BCUT2D eigenvalue weighted by atomic mass is 9.96. The molecule has 0 bridgehead atoms. The minimum Gasteiger partial charge on any atom is -0.356 e. The highest BCUT2D eigenvalue weighted by Crippen LogP contribution is 2.25. The smallest absolute Gasteiger partial charge is 0.133 e.